The molecule has 0 fully saturated rings. The number of hydrogen-bond acceptors (Lipinski definition) is 2. The standard InChI is InChI=1S/C15H13ClFNO/c16-15-7-6-12(17)8-11(15)9-14(19)10-18-13-4-2-1-3-5-13/h1-8,18H,9-10H2. The van der Waals surface area contributed by atoms with Gasteiger partial charge in [0.25, 0.3) is 0 Å². The van der Waals surface area contributed by atoms with E-state index in [1.165, 1.54) is 18.2 Å². The van der Waals surface area contributed by atoms with Crippen LogP contribution in [0.3, 0.4) is 0 Å². The summed E-state index contributed by atoms with van der Waals surface area (Å²) < 4.78 is 13.1. The fourth-order valence-corrected chi connectivity index (χ4v) is 1.89. The number of carbonyl (C=O) groups is 1. The van der Waals surface area contributed by atoms with Gasteiger partial charge in [-0.1, -0.05) is 29.8 Å². The van der Waals surface area contributed by atoms with Crippen molar-refractivity contribution in [3.63, 3.8) is 0 Å². The fourth-order valence-electron chi connectivity index (χ4n) is 1.71. The number of anilines is 1. The molecule has 2 nitrogen and oxygen atoms in total. The minimum atomic E-state index is -0.386. The first kappa shape index (κ1) is 13.6. The molecular weight excluding hydrogens is 265 g/mol. The number of carbonyl (C=O) groups excluding carboxylic acids is 1. The van der Waals surface area contributed by atoms with Crippen LogP contribution in [0.5, 0.6) is 0 Å². The molecule has 0 saturated heterocycles. The van der Waals surface area contributed by atoms with Crippen molar-refractivity contribution >= 4 is 23.1 Å². The van der Waals surface area contributed by atoms with E-state index >= 15 is 0 Å². The van der Waals surface area contributed by atoms with Crippen LogP contribution in [0.1, 0.15) is 5.56 Å². The fraction of sp³-hybridized carbons (Fsp3) is 0.133. The SMILES string of the molecule is O=C(CNc1ccccc1)Cc1cc(F)ccc1Cl. The molecular formula is C15H13ClFNO. The van der Waals surface area contributed by atoms with Crippen molar-refractivity contribution in [2.24, 2.45) is 0 Å². The highest BCUT2D eigenvalue weighted by molar-refractivity contribution is 6.31. The van der Waals surface area contributed by atoms with Crippen LogP contribution in [-0.4, -0.2) is 12.3 Å². The molecule has 0 aliphatic heterocycles. The zero-order chi connectivity index (χ0) is 13.7. The number of benzene rings is 2. The summed E-state index contributed by atoms with van der Waals surface area (Å²) in [7, 11) is 0. The Hall–Kier alpha value is -1.87. The molecule has 0 unspecified atom stereocenters. The molecule has 4 heteroatoms. The van der Waals surface area contributed by atoms with Crippen LogP contribution in [0, 0.1) is 5.82 Å². The molecule has 0 aliphatic carbocycles. The summed E-state index contributed by atoms with van der Waals surface area (Å²) in [6.45, 7) is 0.191. The van der Waals surface area contributed by atoms with Gasteiger partial charge in [-0.05, 0) is 35.9 Å². The van der Waals surface area contributed by atoms with E-state index in [4.69, 9.17) is 11.6 Å². The molecule has 0 atom stereocenters. The zero-order valence-electron chi connectivity index (χ0n) is 10.2. The van der Waals surface area contributed by atoms with E-state index in [-0.39, 0.29) is 24.6 Å². The van der Waals surface area contributed by atoms with Crippen molar-refractivity contribution in [3.05, 3.63) is 64.9 Å². The van der Waals surface area contributed by atoms with Crippen molar-refractivity contribution in [2.45, 2.75) is 6.42 Å². The molecule has 2 aromatic rings. The molecule has 98 valence electrons. The number of halogens is 2. The van der Waals surface area contributed by atoms with E-state index in [0.717, 1.165) is 5.69 Å². The lowest BCUT2D eigenvalue weighted by Gasteiger charge is -2.06. The third-order valence-electron chi connectivity index (χ3n) is 2.66. The Morgan fingerprint density at radius 1 is 1.16 bits per heavy atom. The van der Waals surface area contributed by atoms with E-state index in [0.29, 0.717) is 10.6 Å². The van der Waals surface area contributed by atoms with Gasteiger partial charge in [-0.25, -0.2) is 4.39 Å². The Bertz CT molecular complexity index is 572. The molecule has 2 rings (SSSR count). The summed E-state index contributed by atoms with van der Waals surface area (Å²) in [5, 5.41) is 3.42. The number of para-hydroxylation sites is 1. The van der Waals surface area contributed by atoms with Crippen LogP contribution in [0.15, 0.2) is 48.5 Å². The molecule has 0 amide bonds. The van der Waals surface area contributed by atoms with Gasteiger partial charge in [0, 0.05) is 17.1 Å². The first-order valence-electron chi connectivity index (χ1n) is 5.90. The molecule has 2 aromatic carbocycles. The van der Waals surface area contributed by atoms with Gasteiger partial charge in [-0.15, -0.1) is 0 Å². The van der Waals surface area contributed by atoms with Gasteiger partial charge in [-0.3, -0.25) is 4.79 Å². The highest BCUT2D eigenvalue weighted by atomic mass is 35.5. The minimum Gasteiger partial charge on any atom is -0.378 e. The number of ketones is 1. The first-order chi connectivity index (χ1) is 9.15. The molecule has 1 N–H and O–H groups in total. The maximum atomic E-state index is 13.1. The second kappa shape index (κ2) is 6.34. The second-order valence-corrected chi connectivity index (χ2v) is 4.58. The lowest BCUT2D eigenvalue weighted by atomic mass is 10.1. The van der Waals surface area contributed by atoms with Gasteiger partial charge < -0.3 is 5.32 Å². The Balaban J connectivity index is 1.93. The van der Waals surface area contributed by atoms with Gasteiger partial charge in [0.2, 0.25) is 0 Å². The smallest absolute Gasteiger partial charge is 0.156 e. The zero-order valence-corrected chi connectivity index (χ0v) is 11.0. The van der Waals surface area contributed by atoms with Gasteiger partial charge >= 0.3 is 0 Å². The van der Waals surface area contributed by atoms with Gasteiger partial charge in [0.1, 0.15) is 5.82 Å². The Kier molecular flexibility index (Phi) is 4.53. The van der Waals surface area contributed by atoms with Crippen LogP contribution >= 0.6 is 11.6 Å². The van der Waals surface area contributed by atoms with E-state index < -0.39 is 0 Å². The molecule has 0 spiro atoms. The van der Waals surface area contributed by atoms with Crippen molar-refractivity contribution in [1.82, 2.24) is 0 Å². The average molecular weight is 278 g/mol. The summed E-state index contributed by atoms with van der Waals surface area (Å²) in [5.41, 5.74) is 1.39. The molecule has 0 radical (unpaired) electrons. The lowest BCUT2D eigenvalue weighted by Crippen LogP contribution is -2.16. The predicted molar refractivity (Wildman–Crippen MR) is 75.1 cm³/mol. The Labute approximate surface area is 116 Å². The minimum absolute atomic E-state index is 0.0450. The van der Waals surface area contributed by atoms with Gasteiger partial charge in [0.05, 0.1) is 6.54 Å². The molecule has 0 heterocycles. The summed E-state index contributed by atoms with van der Waals surface area (Å²) in [6.07, 6.45) is 0.121. The van der Waals surface area contributed by atoms with Crippen LogP contribution < -0.4 is 5.32 Å². The molecule has 0 aliphatic rings. The highest BCUT2D eigenvalue weighted by Gasteiger charge is 2.08. The maximum Gasteiger partial charge on any atom is 0.156 e. The third-order valence-corrected chi connectivity index (χ3v) is 3.03. The number of nitrogens with one attached hydrogen (secondary N) is 1. The van der Waals surface area contributed by atoms with E-state index in [1.54, 1.807) is 0 Å². The summed E-state index contributed by atoms with van der Waals surface area (Å²) >= 11 is 5.92. The van der Waals surface area contributed by atoms with Crippen molar-refractivity contribution < 1.29 is 9.18 Å². The van der Waals surface area contributed by atoms with E-state index in [2.05, 4.69) is 5.32 Å². The van der Waals surface area contributed by atoms with Crippen LogP contribution in [0.2, 0.25) is 5.02 Å². The third kappa shape index (κ3) is 4.07. The van der Waals surface area contributed by atoms with Crippen molar-refractivity contribution in [2.75, 3.05) is 11.9 Å². The number of hydrogen-bond donors (Lipinski definition) is 1. The summed E-state index contributed by atoms with van der Waals surface area (Å²) in [4.78, 5) is 11.8. The molecule has 0 bridgehead atoms. The molecule has 19 heavy (non-hydrogen) atoms. The van der Waals surface area contributed by atoms with Gasteiger partial charge in [-0.2, -0.15) is 0 Å². The van der Waals surface area contributed by atoms with E-state index in [9.17, 15) is 9.18 Å². The largest absolute Gasteiger partial charge is 0.378 e. The van der Waals surface area contributed by atoms with Crippen molar-refractivity contribution in [3.8, 4) is 0 Å². The topological polar surface area (TPSA) is 29.1 Å². The van der Waals surface area contributed by atoms with Crippen molar-refractivity contribution in [1.29, 1.82) is 0 Å². The Morgan fingerprint density at radius 3 is 2.63 bits per heavy atom. The van der Waals surface area contributed by atoms with Crippen LogP contribution in [-0.2, 0) is 11.2 Å². The lowest BCUT2D eigenvalue weighted by molar-refractivity contribution is -0.116. The number of Topliss-reactive ketones (excluding diaryl/α,β-unsaturated/α-hetero) is 1. The molecule has 0 saturated carbocycles. The second-order valence-electron chi connectivity index (χ2n) is 4.17. The molecule has 0 aromatic heterocycles. The Morgan fingerprint density at radius 2 is 1.89 bits per heavy atom. The van der Waals surface area contributed by atoms with Gasteiger partial charge in [0.15, 0.2) is 5.78 Å². The predicted octanol–water partition coefficient (Wildman–Crippen LogP) is 3.70. The average Bonchev–Trinajstić information content (AvgIpc) is 2.42. The van der Waals surface area contributed by atoms with Crippen LogP contribution in [0.4, 0.5) is 10.1 Å². The first-order valence-corrected chi connectivity index (χ1v) is 6.27. The maximum absolute atomic E-state index is 13.1. The van der Waals surface area contributed by atoms with Crippen LogP contribution in [0.25, 0.3) is 0 Å². The monoisotopic (exact) mass is 277 g/mol. The number of rotatable bonds is 5. The summed E-state index contributed by atoms with van der Waals surface area (Å²) in [5.74, 6) is -0.431. The van der Waals surface area contributed by atoms with E-state index in [1.807, 2.05) is 30.3 Å². The normalized spacial score (nSPS) is 10.2. The highest BCUT2D eigenvalue weighted by Crippen LogP contribution is 2.17. The quantitative estimate of drug-likeness (QED) is 0.903. The summed E-state index contributed by atoms with van der Waals surface area (Å²) in [6, 6.07) is 13.5.